The molecule has 3 rings (SSSR count). The Morgan fingerprint density at radius 3 is 2.41 bits per heavy atom. The number of imide groups is 1. The van der Waals surface area contributed by atoms with Gasteiger partial charge in [0.25, 0.3) is 17.7 Å². The average molecular weight is 442 g/mol. The van der Waals surface area contributed by atoms with Crippen LogP contribution in [0, 0.1) is 5.82 Å². The summed E-state index contributed by atoms with van der Waals surface area (Å²) in [7, 11) is 3.07. The molecule has 0 N–H and O–H groups in total. The second-order valence-electron chi connectivity index (χ2n) is 7.32. The minimum atomic E-state index is -0.783. The lowest BCUT2D eigenvalue weighted by molar-refractivity contribution is -0.133. The Morgan fingerprint density at radius 1 is 1.03 bits per heavy atom. The molecular weight excluding hydrogens is 419 g/mol. The van der Waals surface area contributed by atoms with Crippen LogP contribution in [0.2, 0.25) is 0 Å². The summed E-state index contributed by atoms with van der Waals surface area (Å²) in [5.41, 5.74) is 1.14. The number of carbonyl (C=O) groups excluding carboxylic acids is 4. The average Bonchev–Trinajstić information content (AvgIpc) is 3.03. The fourth-order valence-electron chi connectivity index (χ4n) is 3.26. The van der Waals surface area contributed by atoms with Crippen molar-refractivity contribution in [1.82, 2.24) is 9.80 Å². The van der Waals surface area contributed by atoms with E-state index in [-0.39, 0.29) is 35.6 Å². The highest BCUT2D eigenvalue weighted by Crippen LogP contribution is 2.24. The predicted octanol–water partition coefficient (Wildman–Crippen LogP) is 2.27. The number of carbonyl (C=O) groups is 4. The Hall–Kier alpha value is -3.59. The molecule has 1 aliphatic rings. The van der Waals surface area contributed by atoms with E-state index in [4.69, 9.17) is 9.47 Å². The van der Waals surface area contributed by atoms with Crippen molar-refractivity contribution in [3.63, 3.8) is 0 Å². The molecule has 2 aromatic carbocycles. The second kappa shape index (κ2) is 10.1. The first-order valence-corrected chi connectivity index (χ1v) is 9.96. The number of hydrogen-bond acceptors (Lipinski definition) is 6. The highest BCUT2D eigenvalue weighted by molar-refractivity contribution is 6.22. The van der Waals surface area contributed by atoms with Crippen molar-refractivity contribution in [2.45, 2.75) is 13.0 Å². The van der Waals surface area contributed by atoms with Gasteiger partial charge in [-0.3, -0.25) is 19.3 Å². The monoisotopic (exact) mass is 442 g/mol. The summed E-state index contributed by atoms with van der Waals surface area (Å²) < 4.78 is 23.0. The van der Waals surface area contributed by atoms with Crippen molar-refractivity contribution < 1.29 is 33.0 Å². The molecule has 0 bridgehead atoms. The van der Waals surface area contributed by atoms with E-state index in [1.165, 1.54) is 49.4 Å². The standard InChI is InChI=1S/C23H23FN2O6/c1-25(13-15-4-7-17(24)8-5-15)20(27)14-32-23(30)16-6-9-18-19(12-16)22(29)26(21(18)28)10-3-11-31-2/h4-9,12H,3,10-11,13-14H2,1-2H3. The van der Waals surface area contributed by atoms with Crippen molar-refractivity contribution in [2.24, 2.45) is 0 Å². The number of ether oxygens (including phenoxy) is 2. The molecule has 0 atom stereocenters. The first kappa shape index (κ1) is 23.1. The maximum absolute atomic E-state index is 13.0. The number of fused-ring (bicyclic) bond motifs is 1. The van der Waals surface area contributed by atoms with Gasteiger partial charge in [0.15, 0.2) is 6.61 Å². The maximum Gasteiger partial charge on any atom is 0.338 e. The third-order valence-corrected chi connectivity index (χ3v) is 5.02. The van der Waals surface area contributed by atoms with Gasteiger partial charge >= 0.3 is 5.97 Å². The summed E-state index contributed by atoms with van der Waals surface area (Å²) in [6.07, 6.45) is 0.504. The molecule has 32 heavy (non-hydrogen) atoms. The van der Waals surface area contributed by atoms with E-state index in [1.54, 1.807) is 12.1 Å². The van der Waals surface area contributed by atoms with Gasteiger partial charge in [0.1, 0.15) is 5.82 Å². The molecule has 1 heterocycles. The van der Waals surface area contributed by atoms with Crippen LogP contribution >= 0.6 is 0 Å². The van der Waals surface area contributed by atoms with Gasteiger partial charge in [-0.05, 0) is 42.3 Å². The van der Waals surface area contributed by atoms with Gasteiger partial charge in [-0.15, -0.1) is 0 Å². The molecule has 0 unspecified atom stereocenters. The lowest BCUT2D eigenvalue weighted by Crippen LogP contribution is -2.31. The van der Waals surface area contributed by atoms with Crippen LogP contribution < -0.4 is 0 Å². The highest BCUT2D eigenvalue weighted by atomic mass is 19.1. The lowest BCUT2D eigenvalue weighted by Gasteiger charge is -2.17. The normalized spacial score (nSPS) is 12.7. The molecule has 0 spiro atoms. The zero-order valence-electron chi connectivity index (χ0n) is 17.8. The Balaban J connectivity index is 1.58. The van der Waals surface area contributed by atoms with E-state index in [0.29, 0.717) is 13.0 Å². The Kier molecular flexibility index (Phi) is 7.32. The number of nitrogens with zero attached hydrogens (tertiary/aromatic N) is 2. The Morgan fingerprint density at radius 2 is 1.72 bits per heavy atom. The number of likely N-dealkylation sites (N-methyl/N-ethyl adjacent to an activating group) is 1. The molecule has 2 aromatic rings. The van der Waals surface area contributed by atoms with Crippen molar-refractivity contribution in [3.8, 4) is 0 Å². The van der Waals surface area contributed by atoms with Gasteiger partial charge < -0.3 is 14.4 Å². The van der Waals surface area contributed by atoms with Crippen molar-refractivity contribution in [3.05, 3.63) is 70.5 Å². The number of methoxy groups -OCH3 is 1. The number of amides is 3. The fraction of sp³-hybridized carbons (Fsp3) is 0.304. The third kappa shape index (κ3) is 5.17. The summed E-state index contributed by atoms with van der Waals surface area (Å²) in [5, 5.41) is 0. The SMILES string of the molecule is COCCCN1C(=O)c2ccc(C(=O)OCC(=O)N(C)Cc3ccc(F)cc3)cc2C1=O. The van der Waals surface area contributed by atoms with Crippen LogP contribution in [-0.2, 0) is 20.8 Å². The zero-order valence-corrected chi connectivity index (χ0v) is 17.8. The van der Waals surface area contributed by atoms with Gasteiger partial charge in [0.05, 0.1) is 16.7 Å². The molecular formula is C23H23FN2O6. The lowest BCUT2D eigenvalue weighted by atomic mass is 10.1. The van der Waals surface area contributed by atoms with E-state index in [0.717, 1.165) is 10.5 Å². The molecule has 0 fully saturated rings. The van der Waals surface area contributed by atoms with Crippen LogP contribution in [0.15, 0.2) is 42.5 Å². The molecule has 0 saturated heterocycles. The quantitative estimate of drug-likeness (QED) is 0.336. The minimum Gasteiger partial charge on any atom is -0.452 e. The van der Waals surface area contributed by atoms with Crippen LogP contribution in [0.1, 0.15) is 43.1 Å². The summed E-state index contributed by atoms with van der Waals surface area (Å²) in [4.78, 5) is 52.1. The molecule has 0 aliphatic carbocycles. The molecule has 1 aliphatic heterocycles. The highest BCUT2D eigenvalue weighted by Gasteiger charge is 2.35. The summed E-state index contributed by atoms with van der Waals surface area (Å²) in [5.74, 6) is -2.50. The molecule has 168 valence electrons. The molecule has 9 heteroatoms. The molecule has 0 radical (unpaired) electrons. The maximum atomic E-state index is 13.0. The van der Waals surface area contributed by atoms with E-state index >= 15 is 0 Å². The fourth-order valence-corrected chi connectivity index (χ4v) is 3.26. The molecule has 8 nitrogen and oxygen atoms in total. The van der Waals surface area contributed by atoms with E-state index in [1.807, 2.05) is 0 Å². The summed E-state index contributed by atoms with van der Waals surface area (Å²) >= 11 is 0. The smallest absolute Gasteiger partial charge is 0.338 e. The van der Waals surface area contributed by atoms with Gasteiger partial charge in [0, 0.05) is 33.9 Å². The minimum absolute atomic E-state index is 0.0672. The van der Waals surface area contributed by atoms with Gasteiger partial charge in [-0.1, -0.05) is 12.1 Å². The molecule has 0 aromatic heterocycles. The number of benzene rings is 2. The second-order valence-corrected chi connectivity index (χ2v) is 7.32. The first-order chi connectivity index (χ1) is 15.3. The van der Waals surface area contributed by atoms with Crippen LogP contribution in [-0.4, -0.2) is 67.4 Å². The van der Waals surface area contributed by atoms with Crippen LogP contribution in [0.5, 0.6) is 0 Å². The summed E-state index contributed by atoms with van der Waals surface area (Å²) in [6.45, 7) is 0.359. The zero-order chi connectivity index (χ0) is 23.3. The third-order valence-electron chi connectivity index (χ3n) is 5.02. The van der Waals surface area contributed by atoms with Crippen molar-refractivity contribution in [2.75, 3.05) is 33.9 Å². The largest absolute Gasteiger partial charge is 0.452 e. The van der Waals surface area contributed by atoms with Crippen molar-refractivity contribution in [1.29, 1.82) is 0 Å². The topological polar surface area (TPSA) is 93.2 Å². The summed E-state index contributed by atoms with van der Waals surface area (Å²) in [6, 6.07) is 9.82. The van der Waals surface area contributed by atoms with E-state index < -0.39 is 30.3 Å². The van der Waals surface area contributed by atoms with Crippen LogP contribution in [0.25, 0.3) is 0 Å². The van der Waals surface area contributed by atoms with E-state index in [2.05, 4.69) is 0 Å². The Bertz CT molecular complexity index is 1040. The van der Waals surface area contributed by atoms with Crippen LogP contribution in [0.3, 0.4) is 0 Å². The molecule has 0 saturated carbocycles. The van der Waals surface area contributed by atoms with Crippen LogP contribution in [0.4, 0.5) is 4.39 Å². The first-order valence-electron chi connectivity index (χ1n) is 9.96. The van der Waals surface area contributed by atoms with Crippen molar-refractivity contribution >= 4 is 23.7 Å². The molecule has 3 amide bonds. The number of halogens is 1. The van der Waals surface area contributed by atoms with Gasteiger partial charge in [-0.25, -0.2) is 9.18 Å². The Labute approximate surface area is 184 Å². The van der Waals surface area contributed by atoms with Gasteiger partial charge in [0.2, 0.25) is 0 Å². The van der Waals surface area contributed by atoms with E-state index in [9.17, 15) is 23.6 Å². The number of hydrogen-bond donors (Lipinski definition) is 0. The number of esters is 1. The van der Waals surface area contributed by atoms with Gasteiger partial charge in [-0.2, -0.15) is 0 Å². The predicted molar refractivity (Wildman–Crippen MR) is 111 cm³/mol. The number of rotatable bonds is 9.